The van der Waals surface area contributed by atoms with Crippen molar-refractivity contribution < 1.29 is 0 Å². The summed E-state index contributed by atoms with van der Waals surface area (Å²) in [6, 6.07) is 4.13. The van der Waals surface area contributed by atoms with E-state index in [1.54, 1.807) is 6.92 Å². The summed E-state index contributed by atoms with van der Waals surface area (Å²) in [5.74, 6) is 0.592. The van der Waals surface area contributed by atoms with Gasteiger partial charge in [0.1, 0.15) is 5.82 Å². The van der Waals surface area contributed by atoms with Crippen molar-refractivity contribution in [3.63, 3.8) is 0 Å². The number of aromatic nitrogens is 2. The molecule has 0 bridgehead atoms. The van der Waals surface area contributed by atoms with E-state index in [-0.39, 0.29) is 0 Å². The Morgan fingerprint density at radius 3 is 2.53 bits per heavy atom. The average Bonchev–Trinajstić information content (AvgIpc) is 2.46. The van der Waals surface area contributed by atoms with Crippen LogP contribution >= 0.6 is 23.2 Å². The van der Waals surface area contributed by atoms with Gasteiger partial charge < -0.3 is 4.98 Å². The van der Waals surface area contributed by atoms with Crippen LogP contribution in [-0.2, 0) is 4.33 Å². The largest absolute Gasteiger partial charge is 0.339 e. The maximum absolute atomic E-state index is 5.99. The third-order valence-corrected chi connectivity index (χ3v) is 2.70. The Labute approximate surface area is 98.6 Å². The summed E-state index contributed by atoms with van der Waals surface area (Å²) >= 11 is 12.0. The van der Waals surface area contributed by atoms with Gasteiger partial charge in [0.25, 0.3) is 0 Å². The van der Waals surface area contributed by atoms with Gasteiger partial charge in [-0.15, -0.1) is 0 Å². The molecule has 1 aromatic carbocycles. The molecule has 0 aliphatic carbocycles. The van der Waals surface area contributed by atoms with Crippen molar-refractivity contribution in [3.8, 4) is 0 Å². The Morgan fingerprint density at radius 2 is 1.93 bits per heavy atom. The molecule has 2 aromatic rings. The monoisotopic (exact) mass is 242 g/mol. The van der Waals surface area contributed by atoms with Crippen molar-refractivity contribution in [2.45, 2.75) is 25.1 Å². The van der Waals surface area contributed by atoms with Gasteiger partial charge in [-0.2, -0.15) is 0 Å². The van der Waals surface area contributed by atoms with Crippen LogP contribution in [0, 0.1) is 13.8 Å². The summed E-state index contributed by atoms with van der Waals surface area (Å²) < 4.78 is -0.973. The Hall–Kier alpha value is -0.730. The van der Waals surface area contributed by atoms with E-state index in [1.807, 2.05) is 19.9 Å². The van der Waals surface area contributed by atoms with Crippen molar-refractivity contribution in [1.82, 2.24) is 9.97 Å². The third kappa shape index (κ3) is 1.97. The molecular formula is C11H12Cl2N2. The Bertz CT molecular complexity index is 509. The molecule has 1 N–H and O–H groups in total. The molecule has 2 rings (SSSR count). The lowest BCUT2D eigenvalue weighted by Crippen LogP contribution is -2.05. The quantitative estimate of drug-likeness (QED) is 0.757. The SMILES string of the molecule is Cc1cc(C)c2nc(C(C)(Cl)Cl)[nH]c2c1. The van der Waals surface area contributed by atoms with Gasteiger partial charge in [0.2, 0.25) is 0 Å². The average molecular weight is 243 g/mol. The molecule has 80 valence electrons. The lowest BCUT2D eigenvalue weighted by molar-refractivity contribution is 0.880. The first-order chi connectivity index (χ1) is 6.88. The molecule has 4 heteroatoms. The fraction of sp³-hybridized carbons (Fsp3) is 0.364. The summed E-state index contributed by atoms with van der Waals surface area (Å²) in [5, 5.41) is 0. The molecule has 1 heterocycles. The first kappa shape index (κ1) is 10.8. The van der Waals surface area contributed by atoms with Gasteiger partial charge in [0.15, 0.2) is 4.33 Å². The van der Waals surface area contributed by atoms with Crippen LogP contribution in [0.2, 0.25) is 0 Å². The molecule has 0 fully saturated rings. The Morgan fingerprint density at radius 1 is 1.27 bits per heavy atom. The standard InChI is InChI=1S/C11H12Cl2N2/c1-6-4-7(2)9-8(5-6)14-10(15-9)11(3,12)13/h4-5H,1-3H3,(H,14,15). The molecule has 2 nitrogen and oxygen atoms in total. The molecule has 0 unspecified atom stereocenters. The number of fused-ring (bicyclic) bond motifs is 1. The van der Waals surface area contributed by atoms with Gasteiger partial charge in [-0.25, -0.2) is 4.98 Å². The van der Waals surface area contributed by atoms with Crippen LogP contribution in [0.15, 0.2) is 12.1 Å². The smallest absolute Gasteiger partial charge is 0.172 e. The number of benzene rings is 1. The molecule has 0 atom stereocenters. The normalized spacial score (nSPS) is 12.3. The predicted molar refractivity (Wildman–Crippen MR) is 64.6 cm³/mol. The highest BCUT2D eigenvalue weighted by atomic mass is 35.5. The number of aromatic amines is 1. The molecule has 15 heavy (non-hydrogen) atoms. The van der Waals surface area contributed by atoms with E-state index in [1.165, 1.54) is 5.56 Å². The zero-order chi connectivity index (χ0) is 11.2. The van der Waals surface area contributed by atoms with E-state index in [0.717, 1.165) is 16.6 Å². The highest BCUT2D eigenvalue weighted by Gasteiger charge is 2.24. The van der Waals surface area contributed by atoms with Crippen molar-refractivity contribution in [2.24, 2.45) is 0 Å². The number of rotatable bonds is 1. The van der Waals surface area contributed by atoms with Gasteiger partial charge in [-0.1, -0.05) is 29.3 Å². The number of hydrogen-bond donors (Lipinski definition) is 1. The number of aryl methyl sites for hydroxylation is 2. The number of nitrogens with zero attached hydrogens (tertiary/aromatic N) is 1. The molecule has 0 aliphatic rings. The van der Waals surface area contributed by atoms with Crippen LogP contribution in [0.4, 0.5) is 0 Å². The summed E-state index contributed by atoms with van der Waals surface area (Å²) in [6.45, 7) is 5.78. The van der Waals surface area contributed by atoms with E-state index in [0.29, 0.717) is 5.82 Å². The molecule has 0 saturated heterocycles. The number of H-pyrrole nitrogens is 1. The van der Waals surface area contributed by atoms with E-state index in [9.17, 15) is 0 Å². The minimum atomic E-state index is -0.973. The van der Waals surface area contributed by atoms with Crippen LogP contribution in [0.1, 0.15) is 23.9 Å². The number of hydrogen-bond acceptors (Lipinski definition) is 1. The predicted octanol–water partition coefficient (Wildman–Crippen LogP) is 3.83. The molecule has 0 spiro atoms. The van der Waals surface area contributed by atoms with Gasteiger partial charge in [-0.05, 0) is 38.0 Å². The zero-order valence-electron chi connectivity index (χ0n) is 8.86. The lowest BCUT2D eigenvalue weighted by atomic mass is 10.1. The number of alkyl halides is 2. The van der Waals surface area contributed by atoms with E-state index in [2.05, 4.69) is 16.0 Å². The second-order valence-corrected chi connectivity index (χ2v) is 5.66. The van der Waals surface area contributed by atoms with Crippen LogP contribution in [0.5, 0.6) is 0 Å². The highest BCUT2D eigenvalue weighted by molar-refractivity contribution is 6.47. The Kier molecular flexibility index (Phi) is 2.44. The van der Waals surface area contributed by atoms with Gasteiger partial charge in [0.05, 0.1) is 11.0 Å². The van der Waals surface area contributed by atoms with Gasteiger partial charge in [-0.3, -0.25) is 0 Å². The van der Waals surface area contributed by atoms with Crippen molar-refractivity contribution >= 4 is 34.2 Å². The first-order valence-corrected chi connectivity index (χ1v) is 5.49. The fourth-order valence-corrected chi connectivity index (χ4v) is 1.86. The maximum Gasteiger partial charge on any atom is 0.172 e. The van der Waals surface area contributed by atoms with E-state index < -0.39 is 4.33 Å². The molecular weight excluding hydrogens is 231 g/mol. The van der Waals surface area contributed by atoms with Crippen LogP contribution in [-0.4, -0.2) is 9.97 Å². The number of nitrogens with one attached hydrogen (secondary N) is 1. The molecule has 0 aliphatic heterocycles. The summed E-state index contributed by atoms with van der Waals surface area (Å²) in [4.78, 5) is 7.55. The summed E-state index contributed by atoms with van der Waals surface area (Å²) in [6.07, 6.45) is 0. The fourth-order valence-electron chi connectivity index (χ4n) is 1.68. The second kappa shape index (κ2) is 3.39. The minimum Gasteiger partial charge on any atom is -0.339 e. The van der Waals surface area contributed by atoms with Crippen LogP contribution in [0.25, 0.3) is 11.0 Å². The van der Waals surface area contributed by atoms with Crippen molar-refractivity contribution in [2.75, 3.05) is 0 Å². The number of halogens is 2. The van der Waals surface area contributed by atoms with E-state index >= 15 is 0 Å². The van der Waals surface area contributed by atoms with Crippen molar-refractivity contribution in [3.05, 3.63) is 29.1 Å². The second-order valence-electron chi connectivity index (χ2n) is 3.95. The zero-order valence-corrected chi connectivity index (χ0v) is 10.4. The summed E-state index contributed by atoms with van der Waals surface area (Å²) in [7, 11) is 0. The maximum atomic E-state index is 5.99. The molecule has 0 radical (unpaired) electrons. The highest BCUT2D eigenvalue weighted by Crippen LogP contribution is 2.32. The summed E-state index contributed by atoms with van der Waals surface area (Å²) in [5.41, 5.74) is 4.24. The van der Waals surface area contributed by atoms with Gasteiger partial charge >= 0.3 is 0 Å². The van der Waals surface area contributed by atoms with Gasteiger partial charge in [0, 0.05) is 0 Å². The topological polar surface area (TPSA) is 28.7 Å². The lowest BCUT2D eigenvalue weighted by Gasteiger charge is -2.07. The van der Waals surface area contributed by atoms with Crippen LogP contribution < -0.4 is 0 Å². The van der Waals surface area contributed by atoms with Crippen LogP contribution in [0.3, 0.4) is 0 Å². The number of imidazole rings is 1. The third-order valence-electron chi connectivity index (χ3n) is 2.34. The molecule has 0 saturated carbocycles. The Balaban J connectivity index is 2.71. The van der Waals surface area contributed by atoms with E-state index in [4.69, 9.17) is 23.2 Å². The molecule has 0 amide bonds. The first-order valence-electron chi connectivity index (χ1n) is 4.73. The minimum absolute atomic E-state index is 0.592. The van der Waals surface area contributed by atoms with Crippen molar-refractivity contribution in [1.29, 1.82) is 0 Å². The molecule has 1 aromatic heterocycles.